The smallest absolute Gasteiger partial charge is 0.335 e. The molecule has 44 heavy (non-hydrogen) atoms. The molecule has 1 N–H and O–H groups in total. The summed E-state index contributed by atoms with van der Waals surface area (Å²) in [6, 6.07) is 11.1. The van der Waals surface area contributed by atoms with Gasteiger partial charge < -0.3 is 19.1 Å². The lowest BCUT2D eigenvalue weighted by Gasteiger charge is -2.27. The topological polar surface area (TPSA) is 123 Å². The molecule has 1 fully saturated rings. The minimum atomic E-state index is -1.33. The van der Waals surface area contributed by atoms with E-state index < -0.39 is 40.5 Å². The van der Waals surface area contributed by atoms with Crippen LogP contribution in [-0.4, -0.2) is 43.3 Å². The number of pyridine rings is 2. The molecule has 0 aliphatic carbocycles. The van der Waals surface area contributed by atoms with Crippen molar-refractivity contribution in [2.45, 2.75) is 32.1 Å². The molecule has 5 aromatic rings. The van der Waals surface area contributed by atoms with Crippen LogP contribution in [-0.2, 0) is 24.3 Å². The summed E-state index contributed by atoms with van der Waals surface area (Å²) in [6.07, 6.45) is 1.64. The van der Waals surface area contributed by atoms with Crippen LogP contribution in [0.4, 0.5) is 17.6 Å². The van der Waals surface area contributed by atoms with Gasteiger partial charge in [0.2, 0.25) is 5.88 Å². The number of aromatic carboxylic acids is 1. The van der Waals surface area contributed by atoms with Crippen LogP contribution in [0.1, 0.15) is 39.4 Å². The second-order valence-electron chi connectivity index (χ2n) is 10.1. The number of halogens is 4. The third-order valence-electron chi connectivity index (χ3n) is 7.20. The zero-order chi connectivity index (χ0) is 31.0. The lowest BCUT2D eigenvalue weighted by Crippen LogP contribution is -2.31. The number of aromatic nitrogens is 4. The monoisotopic (exact) mass is 603 g/mol. The summed E-state index contributed by atoms with van der Waals surface area (Å²) in [5, 5.41) is 18.3. The van der Waals surface area contributed by atoms with Crippen LogP contribution in [0.2, 0.25) is 0 Å². The SMILES string of the molecule is N#Cc1ccc(COc2ccc(F)c(-c3cc(F)c(Cc4nc5c(F)cc(C(=O)O)cc5n4CC4CCO4)cc3F)n2)cn1. The highest BCUT2D eigenvalue weighted by Gasteiger charge is 2.25. The first-order valence-corrected chi connectivity index (χ1v) is 13.4. The van der Waals surface area contributed by atoms with Gasteiger partial charge in [0.05, 0.1) is 23.7 Å². The van der Waals surface area contributed by atoms with E-state index >= 15 is 8.78 Å². The third kappa shape index (κ3) is 5.67. The Bertz CT molecular complexity index is 1950. The summed E-state index contributed by atoms with van der Waals surface area (Å²) >= 11 is 0. The van der Waals surface area contributed by atoms with E-state index in [1.54, 1.807) is 10.6 Å². The number of carboxylic acids is 1. The Labute approximate surface area is 247 Å². The molecule has 9 nitrogen and oxygen atoms in total. The van der Waals surface area contributed by atoms with Crippen molar-refractivity contribution in [2.75, 3.05) is 6.61 Å². The number of hydrogen-bond donors (Lipinski definition) is 1. The number of benzene rings is 2. The number of rotatable bonds is 9. The van der Waals surface area contributed by atoms with Crippen LogP contribution in [0, 0.1) is 34.6 Å². The second kappa shape index (κ2) is 11.7. The fourth-order valence-electron chi connectivity index (χ4n) is 4.83. The van der Waals surface area contributed by atoms with E-state index in [2.05, 4.69) is 15.0 Å². The van der Waals surface area contributed by atoms with Crippen LogP contribution in [0.5, 0.6) is 5.88 Å². The van der Waals surface area contributed by atoms with Gasteiger partial charge in [-0.2, -0.15) is 5.26 Å². The van der Waals surface area contributed by atoms with E-state index in [1.165, 1.54) is 24.4 Å². The number of nitrogens with zero attached hydrogens (tertiary/aromatic N) is 5. The Morgan fingerprint density at radius 1 is 1.05 bits per heavy atom. The molecule has 1 aliphatic rings. The largest absolute Gasteiger partial charge is 0.478 e. The molecule has 222 valence electrons. The Morgan fingerprint density at radius 3 is 2.55 bits per heavy atom. The van der Waals surface area contributed by atoms with E-state index in [1.807, 2.05) is 6.07 Å². The number of carboxylic acid groups (broad SMARTS) is 1. The highest BCUT2D eigenvalue weighted by molar-refractivity contribution is 5.92. The van der Waals surface area contributed by atoms with E-state index in [-0.39, 0.29) is 65.2 Å². The maximum Gasteiger partial charge on any atom is 0.335 e. The van der Waals surface area contributed by atoms with Crippen molar-refractivity contribution >= 4 is 17.0 Å². The van der Waals surface area contributed by atoms with E-state index in [0.717, 1.165) is 24.3 Å². The molecule has 2 aromatic carbocycles. The Balaban J connectivity index is 1.30. The maximum atomic E-state index is 15.4. The Hall–Kier alpha value is -5.35. The number of hydrogen-bond acceptors (Lipinski definition) is 7. The number of nitriles is 1. The fourth-order valence-corrected chi connectivity index (χ4v) is 4.83. The van der Waals surface area contributed by atoms with E-state index in [0.29, 0.717) is 18.6 Å². The first-order valence-electron chi connectivity index (χ1n) is 13.4. The van der Waals surface area contributed by atoms with Crippen molar-refractivity contribution in [3.63, 3.8) is 0 Å². The standard InChI is InChI=1S/C31H21F4N5O4/c32-22-3-4-28(44-15-16-1-2-19(12-36)37-13-16)39-29(22)21-11-23(33)17(7-24(21)34)10-27-38-30-25(35)8-18(31(41)42)9-26(30)40(27)14-20-5-6-43-20/h1-4,7-9,11,13,20H,5-6,10,14-15H2,(H,41,42). The summed E-state index contributed by atoms with van der Waals surface area (Å²) in [5.41, 5.74) is -0.436. The maximum absolute atomic E-state index is 15.4. The van der Waals surface area contributed by atoms with Crippen molar-refractivity contribution in [3.8, 4) is 23.2 Å². The highest BCUT2D eigenvalue weighted by Crippen LogP contribution is 2.31. The number of ether oxygens (including phenoxy) is 2. The first-order chi connectivity index (χ1) is 21.2. The van der Waals surface area contributed by atoms with Crippen LogP contribution in [0.25, 0.3) is 22.3 Å². The summed E-state index contributed by atoms with van der Waals surface area (Å²) in [4.78, 5) is 23.8. The van der Waals surface area contributed by atoms with Gasteiger partial charge in [-0.25, -0.2) is 37.3 Å². The van der Waals surface area contributed by atoms with Crippen LogP contribution >= 0.6 is 0 Å². The van der Waals surface area contributed by atoms with Crippen LogP contribution in [0.15, 0.2) is 54.7 Å². The van der Waals surface area contributed by atoms with Crippen molar-refractivity contribution in [1.29, 1.82) is 5.26 Å². The molecule has 1 saturated heterocycles. The molecule has 0 saturated carbocycles. The molecule has 0 amide bonds. The molecule has 1 atom stereocenters. The summed E-state index contributed by atoms with van der Waals surface area (Å²) in [7, 11) is 0. The van der Waals surface area contributed by atoms with Crippen LogP contribution in [0.3, 0.4) is 0 Å². The minimum absolute atomic E-state index is 0.0198. The molecular weight excluding hydrogens is 582 g/mol. The van der Waals surface area contributed by atoms with Crippen molar-refractivity contribution < 1.29 is 36.9 Å². The Kier molecular flexibility index (Phi) is 7.67. The second-order valence-corrected chi connectivity index (χ2v) is 10.1. The van der Waals surface area contributed by atoms with Gasteiger partial charge in [0.1, 0.15) is 52.9 Å². The lowest BCUT2D eigenvalue weighted by atomic mass is 10.0. The average molecular weight is 604 g/mol. The molecule has 4 heterocycles. The molecular formula is C31H21F4N5O4. The highest BCUT2D eigenvalue weighted by atomic mass is 19.1. The van der Waals surface area contributed by atoms with Crippen LogP contribution < -0.4 is 4.74 Å². The predicted octanol–water partition coefficient (Wildman–Crippen LogP) is 5.58. The number of fused-ring (bicyclic) bond motifs is 1. The van der Waals surface area contributed by atoms with Gasteiger partial charge >= 0.3 is 5.97 Å². The zero-order valence-corrected chi connectivity index (χ0v) is 22.7. The fraction of sp³-hybridized carbons (Fsp3) is 0.194. The van der Waals surface area contributed by atoms with Gasteiger partial charge in [-0.15, -0.1) is 0 Å². The average Bonchev–Trinajstić information content (AvgIpc) is 3.33. The Morgan fingerprint density at radius 2 is 1.86 bits per heavy atom. The lowest BCUT2D eigenvalue weighted by molar-refractivity contribution is -0.0589. The van der Waals surface area contributed by atoms with E-state index in [9.17, 15) is 18.7 Å². The summed E-state index contributed by atoms with van der Waals surface area (Å²) in [5.74, 6) is -4.84. The number of imidazole rings is 1. The van der Waals surface area contributed by atoms with E-state index in [4.69, 9.17) is 14.7 Å². The van der Waals surface area contributed by atoms with Gasteiger partial charge in [0.25, 0.3) is 0 Å². The zero-order valence-electron chi connectivity index (χ0n) is 22.7. The van der Waals surface area contributed by atoms with Crippen molar-refractivity contribution in [2.24, 2.45) is 0 Å². The summed E-state index contributed by atoms with van der Waals surface area (Å²) < 4.78 is 73.1. The summed E-state index contributed by atoms with van der Waals surface area (Å²) in [6.45, 7) is 0.719. The molecule has 6 rings (SSSR count). The third-order valence-corrected chi connectivity index (χ3v) is 7.20. The molecule has 1 aliphatic heterocycles. The van der Waals surface area contributed by atoms with Gasteiger partial charge in [-0.3, -0.25) is 0 Å². The molecule has 3 aromatic heterocycles. The number of carbonyl (C=O) groups is 1. The predicted molar refractivity (Wildman–Crippen MR) is 147 cm³/mol. The molecule has 0 radical (unpaired) electrons. The minimum Gasteiger partial charge on any atom is -0.478 e. The molecule has 0 bridgehead atoms. The molecule has 1 unspecified atom stereocenters. The molecule has 0 spiro atoms. The molecule has 13 heteroatoms. The van der Waals surface area contributed by atoms with Gasteiger partial charge in [0.15, 0.2) is 5.82 Å². The first kappa shape index (κ1) is 28.8. The van der Waals surface area contributed by atoms with Gasteiger partial charge in [0, 0.05) is 36.4 Å². The van der Waals surface area contributed by atoms with Crippen molar-refractivity contribution in [1.82, 2.24) is 19.5 Å². The van der Waals surface area contributed by atoms with Gasteiger partial charge in [-0.05, 0) is 48.4 Å². The van der Waals surface area contributed by atoms with Crippen molar-refractivity contribution in [3.05, 3.63) is 106 Å². The van der Waals surface area contributed by atoms with Gasteiger partial charge in [-0.1, -0.05) is 6.07 Å². The normalized spacial score (nSPS) is 14.3. The quantitative estimate of drug-likeness (QED) is 0.217.